The highest BCUT2D eigenvalue weighted by Gasteiger charge is 2.68. The Hall–Kier alpha value is -1.76. The third-order valence-electron chi connectivity index (χ3n) is 12.7. The number of nitrogens with one attached hydrogen (secondary N) is 1. The average Bonchev–Trinajstić information content (AvgIpc) is 3.56. The van der Waals surface area contributed by atoms with Crippen molar-refractivity contribution in [3.8, 4) is 0 Å². The van der Waals surface area contributed by atoms with Gasteiger partial charge in [0.1, 0.15) is 5.82 Å². The summed E-state index contributed by atoms with van der Waals surface area (Å²) < 4.78 is 27.8. The number of thiazole rings is 1. The molecule has 214 valence electrons. The van der Waals surface area contributed by atoms with E-state index in [-0.39, 0.29) is 17.0 Å². The van der Waals surface area contributed by atoms with Crippen molar-refractivity contribution in [3.63, 3.8) is 0 Å². The summed E-state index contributed by atoms with van der Waals surface area (Å²) in [6.07, 6.45) is 12.4. The first-order valence-corrected chi connectivity index (χ1v) is 16.6. The van der Waals surface area contributed by atoms with Crippen molar-refractivity contribution in [1.29, 1.82) is 0 Å². The number of aromatic nitrogens is 1. The lowest BCUT2D eigenvalue weighted by molar-refractivity contribution is -0.272. The summed E-state index contributed by atoms with van der Waals surface area (Å²) >= 11 is 1.72. The minimum atomic E-state index is -0.335. The molecule has 2 aromatic rings. The van der Waals surface area contributed by atoms with E-state index in [1.165, 1.54) is 47.9 Å². The van der Waals surface area contributed by atoms with E-state index >= 15 is 0 Å². The Morgan fingerprint density at radius 3 is 2.73 bits per heavy atom. The lowest BCUT2D eigenvalue weighted by atomic mass is 9.47. The lowest BCUT2D eigenvalue weighted by Crippen LogP contribution is -2.51. The molecule has 1 unspecified atom stereocenters. The smallest absolute Gasteiger partial charge is 0.188 e. The number of para-hydroxylation sites is 1. The predicted octanol–water partition coefficient (Wildman–Crippen LogP) is 8.61. The summed E-state index contributed by atoms with van der Waals surface area (Å²) in [7, 11) is 0. The Morgan fingerprint density at radius 1 is 1.07 bits per heavy atom. The van der Waals surface area contributed by atoms with E-state index in [0.717, 1.165) is 49.3 Å². The zero-order valence-corrected chi connectivity index (χ0v) is 25.2. The highest BCUT2D eigenvalue weighted by atomic mass is 32.1. The largest absolute Gasteiger partial charge is 0.349 e. The Labute approximate surface area is 242 Å². The summed E-state index contributed by atoms with van der Waals surface area (Å²) in [5.74, 6) is 3.30. The zero-order valence-electron chi connectivity index (χ0n) is 24.3. The SMILES string of the molecule is CC1[C@H]2[C@H](C[C@H]3[C@@H]4CC=C5c6sc(Nc7ccccc7F)nc6CC[C@]5(C)[C@H]4CC[C@@]32C)O[C@]12CC[C@@H](C)CO2. The molecule has 2 saturated heterocycles. The van der Waals surface area contributed by atoms with Crippen LogP contribution in [-0.2, 0) is 15.9 Å². The molecular formula is C34H43FN2O2S. The number of anilines is 2. The number of nitrogens with zero attached hydrogens (tertiary/aromatic N) is 1. The second kappa shape index (κ2) is 8.87. The Bertz CT molecular complexity index is 1360. The van der Waals surface area contributed by atoms with Gasteiger partial charge in [-0.3, -0.25) is 0 Å². The van der Waals surface area contributed by atoms with E-state index in [2.05, 4.69) is 39.1 Å². The van der Waals surface area contributed by atoms with Gasteiger partial charge in [-0.1, -0.05) is 57.2 Å². The third kappa shape index (κ3) is 3.51. The Kier molecular flexibility index (Phi) is 5.75. The number of aryl methyl sites for hydroxylation is 1. The summed E-state index contributed by atoms with van der Waals surface area (Å²) in [5.41, 5.74) is 3.73. The fourth-order valence-corrected chi connectivity index (χ4v) is 11.8. The van der Waals surface area contributed by atoms with Crippen molar-refractivity contribution < 1.29 is 13.9 Å². The van der Waals surface area contributed by atoms with Gasteiger partial charge in [0.2, 0.25) is 0 Å². The topological polar surface area (TPSA) is 43.4 Å². The van der Waals surface area contributed by atoms with Gasteiger partial charge < -0.3 is 14.8 Å². The normalized spacial score (nSPS) is 45.2. The van der Waals surface area contributed by atoms with Crippen LogP contribution in [0.25, 0.3) is 5.57 Å². The number of hydrogen-bond acceptors (Lipinski definition) is 5. The first-order chi connectivity index (χ1) is 19.2. The van der Waals surface area contributed by atoms with Crippen LogP contribution in [0.2, 0.25) is 0 Å². The van der Waals surface area contributed by atoms with Crippen LogP contribution >= 0.6 is 11.3 Å². The van der Waals surface area contributed by atoms with Gasteiger partial charge >= 0.3 is 0 Å². The van der Waals surface area contributed by atoms with Crippen LogP contribution in [0, 0.1) is 52.2 Å². The maximum atomic E-state index is 14.3. The predicted molar refractivity (Wildman–Crippen MR) is 158 cm³/mol. The average molecular weight is 563 g/mol. The highest BCUT2D eigenvalue weighted by molar-refractivity contribution is 7.16. The van der Waals surface area contributed by atoms with Crippen LogP contribution in [-0.4, -0.2) is 23.5 Å². The number of rotatable bonds is 2. The molecule has 10 atom stereocenters. The minimum absolute atomic E-state index is 0.188. The van der Waals surface area contributed by atoms with Crippen molar-refractivity contribution in [3.05, 3.63) is 46.7 Å². The molecule has 0 radical (unpaired) electrons. The van der Waals surface area contributed by atoms with Crippen LogP contribution in [0.3, 0.4) is 0 Å². The van der Waals surface area contributed by atoms with Gasteiger partial charge in [0.15, 0.2) is 10.9 Å². The van der Waals surface area contributed by atoms with Crippen molar-refractivity contribution in [2.45, 2.75) is 91.0 Å². The van der Waals surface area contributed by atoms with E-state index in [9.17, 15) is 4.39 Å². The second-order valence-electron chi connectivity index (χ2n) is 14.6. The van der Waals surface area contributed by atoms with Gasteiger partial charge in [0.05, 0.1) is 29.0 Å². The van der Waals surface area contributed by atoms with Gasteiger partial charge in [-0.15, -0.1) is 0 Å². The standard InChI is InChI=1S/C34H43FN2O2S/c1-19-11-16-34(38-18-19)20(2)29-28(39-34)17-24-21-9-10-23-30-27(13-15-32(23,3)22(21)12-14-33(24,29)4)37-31(40-30)36-26-8-6-5-7-25(26)35/h5-8,10,19-22,24,28-29H,9,11-18H2,1-4H3,(H,36,37)/t19-,20?,21-,22+,24+,28+,29+,32-,33+,34-/m1/s1. The van der Waals surface area contributed by atoms with E-state index in [4.69, 9.17) is 14.5 Å². The van der Waals surface area contributed by atoms with Crippen molar-refractivity contribution in [1.82, 2.24) is 4.98 Å². The van der Waals surface area contributed by atoms with Gasteiger partial charge in [-0.05, 0) is 103 Å². The van der Waals surface area contributed by atoms with E-state index in [0.29, 0.717) is 40.9 Å². The van der Waals surface area contributed by atoms with Crippen molar-refractivity contribution in [2.75, 3.05) is 11.9 Å². The molecule has 0 amide bonds. The molecule has 1 N–H and O–H groups in total. The Morgan fingerprint density at radius 2 is 1.93 bits per heavy atom. The highest BCUT2D eigenvalue weighted by Crippen LogP contribution is 2.71. The number of allylic oxidation sites excluding steroid dienone is 2. The molecule has 1 spiro atoms. The van der Waals surface area contributed by atoms with Crippen molar-refractivity contribution in [2.24, 2.45) is 46.3 Å². The van der Waals surface area contributed by atoms with Crippen LogP contribution in [0.5, 0.6) is 0 Å². The molecule has 3 heterocycles. The summed E-state index contributed by atoms with van der Waals surface area (Å²) in [6, 6.07) is 6.87. The number of halogens is 1. The fraction of sp³-hybridized carbons (Fsp3) is 0.676. The maximum absolute atomic E-state index is 14.3. The molecule has 6 aliphatic rings. The van der Waals surface area contributed by atoms with E-state index in [1.807, 2.05) is 6.07 Å². The van der Waals surface area contributed by atoms with Crippen LogP contribution < -0.4 is 5.32 Å². The van der Waals surface area contributed by atoms with Gasteiger partial charge in [-0.2, -0.15) is 0 Å². The summed E-state index contributed by atoms with van der Waals surface area (Å²) in [4.78, 5) is 6.28. The monoisotopic (exact) mass is 562 g/mol. The fourth-order valence-electron chi connectivity index (χ4n) is 10.6. The zero-order chi connectivity index (χ0) is 27.4. The van der Waals surface area contributed by atoms with Crippen LogP contribution in [0.1, 0.15) is 83.2 Å². The number of ether oxygens (including phenoxy) is 2. The molecule has 1 aromatic heterocycles. The van der Waals surface area contributed by atoms with Crippen LogP contribution in [0.4, 0.5) is 15.2 Å². The Balaban J connectivity index is 1.07. The molecule has 4 nitrogen and oxygen atoms in total. The molecular weight excluding hydrogens is 519 g/mol. The molecule has 2 saturated carbocycles. The third-order valence-corrected chi connectivity index (χ3v) is 13.7. The molecule has 4 aliphatic carbocycles. The first-order valence-electron chi connectivity index (χ1n) is 15.8. The molecule has 6 heteroatoms. The molecule has 40 heavy (non-hydrogen) atoms. The second-order valence-corrected chi connectivity index (χ2v) is 15.6. The molecule has 8 rings (SSSR count). The van der Waals surface area contributed by atoms with Gasteiger partial charge in [-0.25, -0.2) is 9.37 Å². The molecule has 4 fully saturated rings. The number of hydrogen-bond donors (Lipinski definition) is 1. The van der Waals surface area contributed by atoms with Crippen LogP contribution in [0.15, 0.2) is 30.3 Å². The molecule has 1 aromatic carbocycles. The van der Waals surface area contributed by atoms with E-state index < -0.39 is 0 Å². The summed E-state index contributed by atoms with van der Waals surface area (Å²) in [5, 5.41) is 4.07. The number of fused-ring (bicyclic) bond motifs is 9. The van der Waals surface area contributed by atoms with Crippen molar-refractivity contribution >= 4 is 27.7 Å². The minimum Gasteiger partial charge on any atom is -0.349 e. The summed E-state index contributed by atoms with van der Waals surface area (Å²) in [6.45, 7) is 10.8. The quantitative estimate of drug-likeness (QED) is 0.398. The molecule has 0 bridgehead atoms. The van der Waals surface area contributed by atoms with Gasteiger partial charge in [0, 0.05) is 12.3 Å². The van der Waals surface area contributed by atoms with Gasteiger partial charge in [0.25, 0.3) is 0 Å². The van der Waals surface area contributed by atoms with E-state index in [1.54, 1.807) is 23.5 Å². The number of benzene rings is 1. The maximum Gasteiger partial charge on any atom is 0.188 e. The molecule has 2 aliphatic heterocycles. The lowest BCUT2D eigenvalue weighted by Gasteiger charge is -2.57. The first kappa shape index (κ1) is 25.9.